The predicted octanol–water partition coefficient (Wildman–Crippen LogP) is 0.925. The fourth-order valence-electron chi connectivity index (χ4n) is 3.78. The summed E-state index contributed by atoms with van der Waals surface area (Å²) < 4.78 is 23.1. The molecule has 0 bridgehead atoms. The zero-order valence-corrected chi connectivity index (χ0v) is 18.4. The molecule has 2 fully saturated rings. The van der Waals surface area contributed by atoms with E-state index in [0.29, 0.717) is 5.92 Å². The van der Waals surface area contributed by atoms with Crippen molar-refractivity contribution < 1.29 is 22.8 Å². The van der Waals surface area contributed by atoms with Gasteiger partial charge in [-0.15, -0.1) is 0 Å². The first-order valence-corrected chi connectivity index (χ1v) is 12.1. The second-order valence-corrected chi connectivity index (χ2v) is 10.7. The van der Waals surface area contributed by atoms with Gasteiger partial charge in [0.2, 0.25) is 17.7 Å². The quantitative estimate of drug-likeness (QED) is 0.741. The Morgan fingerprint density at radius 3 is 2.43 bits per heavy atom. The van der Waals surface area contributed by atoms with E-state index < -0.39 is 21.8 Å². The van der Waals surface area contributed by atoms with Crippen molar-refractivity contribution in [3.63, 3.8) is 0 Å². The molecule has 3 rings (SSSR count). The molecule has 2 aliphatic rings. The highest BCUT2D eigenvalue weighted by atomic mass is 32.2. The third-order valence-corrected chi connectivity index (χ3v) is 7.34. The van der Waals surface area contributed by atoms with E-state index in [2.05, 4.69) is 19.2 Å². The summed E-state index contributed by atoms with van der Waals surface area (Å²) in [5.74, 6) is -1.06. The smallest absolute Gasteiger partial charge is 0.244 e. The molecule has 8 nitrogen and oxygen atoms in total. The Bertz CT molecular complexity index is 930. The molecule has 164 valence electrons. The largest absolute Gasteiger partial charge is 0.344 e. The van der Waals surface area contributed by atoms with E-state index in [-0.39, 0.29) is 55.3 Å². The van der Waals surface area contributed by atoms with Gasteiger partial charge in [0.05, 0.1) is 17.4 Å². The molecule has 30 heavy (non-hydrogen) atoms. The molecular weight excluding hydrogens is 406 g/mol. The number of carbonyl (C=O) groups is 3. The number of hydrogen-bond acceptors (Lipinski definition) is 5. The lowest BCUT2D eigenvalue weighted by Gasteiger charge is -2.29. The highest BCUT2D eigenvalue weighted by Crippen LogP contribution is 2.28. The minimum Gasteiger partial charge on any atom is -0.344 e. The summed E-state index contributed by atoms with van der Waals surface area (Å²) in [6.45, 7) is 6.31. The molecule has 0 aromatic heterocycles. The van der Waals surface area contributed by atoms with Gasteiger partial charge in [0.25, 0.3) is 0 Å². The average molecular weight is 436 g/mol. The van der Waals surface area contributed by atoms with Crippen LogP contribution in [0.25, 0.3) is 0 Å². The number of nitrogens with one attached hydrogen (secondary N) is 1. The number of rotatable bonds is 5. The molecule has 2 saturated heterocycles. The number of anilines is 1. The van der Waals surface area contributed by atoms with Crippen LogP contribution in [0, 0.1) is 5.92 Å². The maximum atomic E-state index is 12.7. The van der Waals surface area contributed by atoms with Crippen molar-refractivity contribution in [2.45, 2.75) is 39.2 Å². The van der Waals surface area contributed by atoms with E-state index in [0.717, 1.165) is 11.3 Å². The van der Waals surface area contributed by atoms with Gasteiger partial charge in [0.1, 0.15) is 6.04 Å². The van der Waals surface area contributed by atoms with E-state index >= 15 is 0 Å². The minimum absolute atomic E-state index is 0.0546. The number of hydrogen-bond donors (Lipinski definition) is 1. The van der Waals surface area contributed by atoms with Gasteiger partial charge in [0, 0.05) is 31.7 Å². The van der Waals surface area contributed by atoms with Gasteiger partial charge >= 0.3 is 0 Å². The monoisotopic (exact) mass is 435 g/mol. The zero-order valence-electron chi connectivity index (χ0n) is 17.6. The van der Waals surface area contributed by atoms with Crippen LogP contribution in [0.5, 0.6) is 0 Å². The van der Waals surface area contributed by atoms with Crippen LogP contribution in [0.1, 0.15) is 38.7 Å². The molecule has 2 unspecified atom stereocenters. The van der Waals surface area contributed by atoms with Crippen LogP contribution in [0.3, 0.4) is 0 Å². The first kappa shape index (κ1) is 22.3. The van der Waals surface area contributed by atoms with Crippen LogP contribution < -0.4 is 10.2 Å². The maximum absolute atomic E-state index is 12.7. The Labute approximate surface area is 177 Å². The predicted molar refractivity (Wildman–Crippen MR) is 114 cm³/mol. The molecule has 2 aliphatic heterocycles. The van der Waals surface area contributed by atoms with Crippen molar-refractivity contribution in [1.29, 1.82) is 0 Å². The lowest BCUT2D eigenvalue weighted by molar-refractivity contribution is -0.136. The van der Waals surface area contributed by atoms with Gasteiger partial charge in [-0.1, -0.05) is 26.0 Å². The van der Waals surface area contributed by atoms with Crippen molar-refractivity contribution in [2.24, 2.45) is 5.92 Å². The van der Waals surface area contributed by atoms with E-state index in [1.54, 1.807) is 11.8 Å². The molecule has 0 saturated carbocycles. The third kappa shape index (κ3) is 5.00. The standard InChI is InChI=1S/C21H29N3O5S/c1-14(2)16-5-4-6-18(11-16)24-13-17(12-19(24)25)20(26)22-15(3)21(27)23-7-9-30(28,29)10-8-23/h4-6,11,14-15,17H,7-10,12-13H2,1-3H3,(H,22,26). The molecule has 9 heteroatoms. The lowest BCUT2D eigenvalue weighted by atomic mass is 10.0. The van der Waals surface area contributed by atoms with Crippen LogP contribution in [-0.4, -0.2) is 68.2 Å². The molecule has 0 spiro atoms. The highest BCUT2D eigenvalue weighted by molar-refractivity contribution is 7.91. The van der Waals surface area contributed by atoms with Crippen LogP contribution >= 0.6 is 0 Å². The first-order valence-electron chi connectivity index (χ1n) is 10.3. The molecule has 2 heterocycles. The van der Waals surface area contributed by atoms with Gasteiger partial charge in [-0.2, -0.15) is 0 Å². The summed E-state index contributed by atoms with van der Waals surface area (Å²) in [5, 5.41) is 2.70. The molecule has 0 radical (unpaired) electrons. The van der Waals surface area contributed by atoms with Gasteiger partial charge in [-0.3, -0.25) is 14.4 Å². The second-order valence-electron chi connectivity index (χ2n) is 8.36. The van der Waals surface area contributed by atoms with Gasteiger partial charge < -0.3 is 15.1 Å². The van der Waals surface area contributed by atoms with Gasteiger partial charge in [-0.05, 0) is 30.5 Å². The van der Waals surface area contributed by atoms with Crippen LogP contribution in [-0.2, 0) is 24.2 Å². The van der Waals surface area contributed by atoms with E-state index in [1.165, 1.54) is 4.90 Å². The minimum atomic E-state index is -3.08. The van der Waals surface area contributed by atoms with Crippen molar-refractivity contribution in [1.82, 2.24) is 10.2 Å². The fraction of sp³-hybridized carbons (Fsp3) is 0.571. The number of nitrogens with zero attached hydrogens (tertiary/aromatic N) is 2. The number of carbonyl (C=O) groups excluding carboxylic acids is 3. The van der Waals surface area contributed by atoms with E-state index in [1.807, 2.05) is 24.3 Å². The maximum Gasteiger partial charge on any atom is 0.244 e. The van der Waals surface area contributed by atoms with E-state index in [4.69, 9.17) is 0 Å². The van der Waals surface area contributed by atoms with Crippen LogP contribution in [0.2, 0.25) is 0 Å². The summed E-state index contributed by atoms with van der Waals surface area (Å²) in [6, 6.07) is 6.98. The molecule has 1 N–H and O–H groups in total. The zero-order chi connectivity index (χ0) is 22.1. The topological polar surface area (TPSA) is 104 Å². The normalized spacial score (nSPS) is 22.3. The molecule has 1 aromatic carbocycles. The van der Waals surface area contributed by atoms with E-state index in [9.17, 15) is 22.8 Å². The summed E-state index contributed by atoms with van der Waals surface area (Å²) in [7, 11) is -3.08. The molecule has 1 aromatic rings. The van der Waals surface area contributed by atoms with Crippen LogP contribution in [0.15, 0.2) is 24.3 Å². The first-order chi connectivity index (χ1) is 14.1. The Morgan fingerprint density at radius 2 is 1.80 bits per heavy atom. The van der Waals surface area contributed by atoms with Gasteiger partial charge in [0.15, 0.2) is 9.84 Å². The molecular formula is C21H29N3O5S. The summed E-state index contributed by atoms with van der Waals surface area (Å²) >= 11 is 0. The van der Waals surface area contributed by atoms with Crippen molar-refractivity contribution in [2.75, 3.05) is 36.0 Å². The Balaban J connectivity index is 1.59. The summed E-state index contributed by atoms with van der Waals surface area (Å²) in [6.07, 6.45) is 0.0978. The lowest BCUT2D eigenvalue weighted by Crippen LogP contribution is -2.52. The molecule has 3 amide bonds. The third-order valence-electron chi connectivity index (χ3n) is 5.73. The number of amides is 3. The van der Waals surface area contributed by atoms with Crippen molar-refractivity contribution in [3.05, 3.63) is 29.8 Å². The number of sulfone groups is 1. The Hall–Kier alpha value is -2.42. The number of benzene rings is 1. The SMILES string of the molecule is CC(NC(=O)C1CC(=O)N(c2cccc(C(C)C)c2)C1)C(=O)N1CCS(=O)(=O)CC1. The van der Waals surface area contributed by atoms with Crippen LogP contribution in [0.4, 0.5) is 5.69 Å². The van der Waals surface area contributed by atoms with Crippen molar-refractivity contribution in [3.8, 4) is 0 Å². The summed E-state index contributed by atoms with van der Waals surface area (Å²) in [5.41, 5.74) is 1.90. The average Bonchev–Trinajstić information content (AvgIpc) is 3.09. The van der Waals surface area contributed by atoms with Crippen molar-refractivity contribution >= 4 is 33.2 Å². The highest BCUT2D eigenvalue weighted by Gasteiger charge is 2.37. The van der Waals surface area contributed by atoms with Gasteiger partial charge in [-0.25, -0.2) is 8.42 Å². The Morgan fingerprint density at radius 1 is 1.13 bits per heavy atom. The molecule has 2 atom stereocenters. The second kappa shape index (κ2) is 8.75. The molecule has 0 aliphatic carbocycles. The fourth-order valence-corrected chi connectivity index (χ4v) is 4.99. The summed E-state index contributed by atoms with van der Waals surface area (Å²) in [4.78, 5) is 40.8. The Kier molecular flexibility index (Phi) is 6.50.